The molecule has 0 spiro atoms. The molecule has 0 aliphatic carbocycles. The second kappa shape index (κ2) is 14.1. The Bertz CT molecular complexity index is 318. The monoisotopic (exact) mass is 366 g/mol. The average Bonchev–Trinajstić information content (AvgIpc) is 2.61. The van der Waals surface area contributed by atoms with Crippen LogP contribution in [0, 0.1) is 47.3 Å². The van der Waals surface area contributed by atoms with E-state index < -0.39 is 0 Å². The van der Waals surface area contributed by atoms with E-state index in [1.54, 1.807) is 0 Å². The molecule has 7 atom stereocenters. The largest absolute Gasteiger partial charge is 0.0654 e. The molecule has 0 saturated carbocycles. The lowest BCUT2D eigenvalue weighted by molar-refractivity contribution is 0.197. The van der Waals surface area contributed by atoms with Gasteiger partial charge in [0, 0.05) is 0 Å². The SMILES string of the molecule is CCCC(CC)C(C)CC(CC)CC(C)CCC(C)C(C)C(C)C(C)C. The lowest BCUT2D eigenvalue weighted by Crippen LogP contribution is -2.21. The van der Waals surface area contributed by atoms with Crippen molar-refractivity contribution in [2.45, 2.75) is 121 Å². The first-order valence-corrected chi connectivity index (χ1v) is 12.2. The van der Waals surface area contributed by atoms with Crippen LogP contribution in [0.3, 0.4) is 0 Å². The highest BCUT2D eigenvalue weighted by Gasteiger charge is 2.23. The highest BCUT2D eigenvalue weighted by molar-refractivity contribution is 4.74. The highest BCUT2D eigenvalue weighted by atomic mass is 14.3. The van der Waals surface area contributed by atoms with E-state index in [0.29, 0.717) is 0 Å². The van der Waals surface area contributed by atoms with Crippen molar-refractivity contribution >= 4 is 0 Å². The normalized spacial score (nSPS) is 20.4. The molecule has 0 heterocycles. The molecule has 0 radical (unpaired) electrons. The van der Waals surface area contributed by atoms with Crippen LogP contribution in [0.25, 0.3) is 0 Å². The molecule has 0 aliphatic heterocycles. The van der Waals surface area contributed by atoms with Crippen LogP contribution < -0.4 is 0 Å². The summed E-state index contributed by atoms with van der Waals surface area (Å²) in [6.45, 7) is 24.4. The van der Waals surface area contributed by atoms with Gasteiger partial charge < -0.3 is 0 Å². The summed E-state index contributed by atoms with van der Waals surface area (Å²) in [4.78, 5) is 0. The van der Waals surface area contributed by atoms with E-state index in [-0.39, 0.29) is 0 Å². The Kier molecular flexibility index (Phi) is 14.1. The summed E-state index contributed by atoms with van der Waals surface area (Å²) in [6, 6.07) is 0. The van der Waals surface area contributed by atoms with Crippen LogP contribution in [-0.4, -0.2) is 0 Å². The van der Waals surface area contributed by atoms with Crippen LogP contribution in [0.15, 0.2) is 0 Å². The number of hydrogen-bond acceptors (Lipinski definition) is 0. The van der Waals surface area contributed by atoms with Crippen molar-refractivity contribution in [1.82, 2.24) is 0 Å². The Morgan fingerprint density at radius 2 is 1.19 bits per heavy atom. The van der Waals surface area contributed by atoms with Gasteiger partial charge in [-0.05, 0) is 60.2 Å². The van der Waals surface area contributed by atoms with E-state index >= 15 is 0 Å². The molecule has 0 nitrogen and oxygen atoms in total. The van der Waals surface area contributed by atoms with Crippen LogP contribution in [0.4, 0.5) is 0 Å². The van der Waals surface area contributed by atoms with Gasteiger partial charge in [-0.15, -0.1) is 0 Å². The Morgan fingerprint density at radius 3 is 1.65 bits per heavy atom. The van der Waals surface area contributed by atoms with E-state index in [9.17, 15) is 0 Å². The smallest absolute Gasteiger partial charge is 0.0389 e. The van der Waals surface area contributed by atoms with Gasteiger partial charge >= 0.3 is 0 Å². The fourth-order valence-electron chi connectivity index (χ4n) is 5.03. The van der Waals surface area contributed by atoms with Crippen molar-refractivity contribution in [3.05, 3.63) is 0 Å². The van der Waals surface area contributed by atoms with E-state index in [1.165, 1.54) is 51.4 Å². The van der Waals surface area contributed by atoms with Gasteiger partial charge in [0.25, 0.3) is 0 Å². The van der Waals surface area contributed by atoms with Crippen LogP contribution in [-0.2, 0) is 0 Å². The minimum Gasteiger partial charge on any atom is -0.0654 e. The molecule has 0 amide bonds. The van der Waals surface area contributed by atoms with E-state index in [2.05, 4.69) is 69.2 Å². The summed E-state index contributed by atoms with van der Waals surface area (Å²) in [6.07, 6.45) is 11.2. The summed E-state index contributed by atoms with van der Waals surface area (Å²) in [5.74, 6) is 7.05. The van der Waals surface area contributed by atoms with Gasteiger partial charge in [-0.1, -0.05) is 108 Å². The van der Waals surface area contributed by atoms with E-state index in [1.807, 2.05) is 0 Å². The Hall–Kier alpha value is 0. The van der Waals surface area contributed by atoms with Gasteiger partial charge in [0.1, 0.15) is 0 Å². The molecule has 0 saturated heterocycles. The zero-order valence-electron chi connectivity index (χ0n) is 20.3. The van der Waals surface area contributed by atoms with Gasteiger partial charge in [-0.25, -0.2) is 0 Å². The molecule has 0 rings (SSSR count). The van der Waals surface area contributed by atoms with Crippen LogP contribution >= 0.6 is 0 Å². The molecule has 0 heteroatoms. The molecule has 26 heavy (non-hydrogen) atoms. The molecule has 0 N–H and O–H groups in total. The average molecular weight is 367 g/mol. The third-order valence-corrected chi connectivity index (χ3v) is 7.90. The molecule has 0 aromatic carbocycles. The van der Waals surface area contributed by atoms with Crippen molar-refractivity contribution in [3.8, 4) is 0 Å². The lowest BCUT2D eigenvalue weighted by Gasteiger charge is -2.31. The van der Waals surface area contributed by atoms with Crippen LogP contribution in [0.5, 0.6) is 0 Å². The van der Waals surface area contributed by atoms with Crippen molar-refractivity contribution in [3.63, 3.8) is 0 Å². The van der Waals surface area contributed by atoms with Crippen molar-refractivity contribution < 1.29 is 0 Å². The standard InChI is InChI=1S/C26H54/c1-11-14-26(13-3)22(8)18-25(12-2)17-20(6)15-16-21(7)24(10)23(9)19(4)5/h19-26H,11-18H2,1-10H3. The Labute approximate surface area is 168 Å². The quantitative estimate of drug-likeness (QED) is 0.271. The number of rotatable bonds is 15. The van der Waals surface area contributed by atoms with Crippen LogP contribution in [0.1, 0.15) is 121 Å². The maximum atomic E-state index is 2.52. The van der Waals surface area contributed by atoms with Crippen molar-refractivity contribution in [1.29, 1.82) is 0 Å². The van der Waals surface area contributed by atoms with Gasteiger partial charge in [0.15, 0.2) is 0 Å². The number of hydrogen-bond donors (Lipinski definition) is 0. The zero-order valence-corrected chi connectivity index (χ0v) is 20.3. The van der Waals surface area contributed by atoms with Gasteiger partial charge in [0.05, 0.1) is 0 Å². The lowest BCUT2D eigenvalue weighted by atomic mass is 9.75. The molecule has 0 aromatic heterocycles. The molecule has 7 unspecified atom stereocenters. The van der Waals surface area contributed by atoms with Crippen LogP contribution in [0.2, 0.25) is 0 Å². The van der Waals surface area contributed by atoms with Crippen molar-refractivity contribution in [2.24, 2.45) is 47.3 Å². The molecule has 0 aliphatic rings. The molecule has 158 valence electrons. The molecule has 0 bridgehead atoms. The summed E-state index contributed by atoms with van der Waals surface area (Å²) in [5, 5.41) is 0. The second-order valence-corrected chi connectivity index (χ2v) is 10.3. The van der Waals surface area contributed by atoms with Gasteiger partial charge in [-0.2, -0.15) is 0 Å². The predicted molar refractivity (Wildman–Crippen MR) is 122 cm³/mol. The molecular formula is C26H54. The summed E-state index contributed by atoms with van der Waals surface area (Å²) >= 11 is 0. The van der Waals surface area contributed by atoms with E-state index in [0.717, 1.165) is 47.3 Å². The highest BCUT2D eigenvalue weighted by Crippen LogP contribution is 2.34. The Morgan fingerprint density at radius 1 is 0.577 bits per heavy atom. The first-order valence-electron chi connectivity index (χ1n) is 12.2. The summed E-state index contributed by atoms with van der Waals surface area (Å²) < 4.78 is 0. The zero-order chi connectivity index (χ0) is 20.3. The van der Waals surface area contributed by atoms with Gasteiger partial charge in [-0.3, -0.25) is 0 Å². The summed E-state index contributed by atoms with van der Waals surface area (Å²) in [5.41, 5.74) is 0. The predicted octanol–water partition coefficient (Wildman–Crippen LogP) is 9.24. The fourth-order valence-corrected chi connectivity index (χ4v) is 5.03. The Balaban J connectivity index is 4.39. The first kappa shape index (κ1) is 26.0. The molecule has 0 fully saturated rings. The minimum absolute atomic E-state index is 0.811. The second-order valence-electron chi connectivity index (χ2n) is 10.3. The third-order valence-electron chi connectivity index (χ3n) is 7.90. The van der Waals surface area contributed by atoms with Gasteiger partial charge in [0.2, 0.25) is 0 Å². The molecule has 0 aromatic rings. The van der Waals surface area contributed by atoms with E-state index in [4.69, 9.17) is 0 Å². The molecular weight excluding hydrogens is 312 g/mol. The first-order chi connectivity index (χ1) is 12.2. The van der Waals surface area contributed by atoms with Crippen molar-refractivity contribution in [2.75, 3.05) is 0 Å². The fraction of sp³-hybridized carbons (Fsp3) is 1.00. The topological polar surface area (TPSA) is 0 Å². The third kappa shape index (κ3) is 9.80. The minimum atomic E-state index is 0.811. The maximum Gasteiger partial charge on any atom is -0.0389 e. The summed E-state index contributed by atoms with van der Waals surface area (Å²) in [7, 11) is 0. The maximum absolute atomic E-state index is 2.52.